The molecule has 2 atom stereocenters. The molecule has 2 amide bonds. The number of amides is 2. The Balaban J connectivity index is 0.00000243. The van der Waals surface area contributed by atoms with Crippen molar-refractivity contribution >= 4 is 24.2 Å². The highest BCUT2D eigenvalue weighted by Gasteiger charge is 2.31. The van der Waals surface area contributed by atoms with Gasteiger partial charge in [-0.05, 0) is 39.2 Å². The standard InChI is InChI=1S/C19H34N4O2.ClH/c1-16-14-17(6-7-20-16)19(25)23-12-10-21(11-13-23)15-18(24)22-8-4-2-3-5-9-22;/h16-17,20H,2-15H2,1H3;1H/t16-,17-;/m0./s1. The summed E-state index contributed by atoms with van der Waals surface area (Å²) in [5, 5.41) is 3.41. The zero-order valence-corrected chi connectivity index (χ0v) is 16.9. The second-order valence-corrected chi connectivity index (χ2v) is 7.97. The molecule has 6 nitrogen and oxygen atoms in total. The predicted octanol–water partition coefficient (Wildman–Crippen LogP) is 1.34. The molecule has 3 aliphatic rings. The number of carbonyl (C=O) groups is 2. The molecule has 1 N–H and O–H groups in total. The van der Waals surface area contributed by atoms with E-state index in [4.69, 9.17) is 0 Å². The third-order valence-corrected chi connectivity index (χ3v) is 5.97. The average Bonchev–Trinajstić information content (AvgIpc) is 2.91. The van der Waals surface area contributed by atoms with Crippen molar-refractivity contribution in [3.63, 3.8) is 0 Å². The van der Waals surface area contributed by atoms with Gasteiger partial charge in [0, 0.05) is 51.2 Å². The number of nitrogens with zero attached hydrogens (tertiary/aromatic N) is 3. The predicted molar refractivity (Wildman–Crippen MR) is 106 cm³/mol. The van der Waals surface area contributed by atoms with E-state index in [1.165, 1.54) is 12.8 Å². The van der Waals surface area contributed by atoms with Crippen molar-refractivity contribution in [1.82, 2.24) is 20.0 Å². The lowest BCUT2D eigenvalue weighted by Gasteiger charge is -2.38. The first-order valence-electron chi connectivity index (χ1n) is 10.2. The highest BCUT2D eigenvalue weighted by molar-refractivity contribution is 5.85. The summed E-state index contributed by atoms with van der Waals surface area (Å²) in [6, 6.07) is 0.440. The highest BCUT2D eigenvalue weighted by atomic mass is 35.5. The van der Waals surface area contributed by atoms with Crippen molar-refractivity contribution in [2.45, 2.75) is 51.5 Å². The third-order valence-electron chi connectivity index (χ3n) is 5.97. The molecule has 3 rings (SSSR count). The van der Waals surface area contributed by atoms with Gasteiger partial charge in [0.15, 0.2) is 0 Å². The van der Waals surface area contributed by atoms with Gasteiger partial charge in [-0.3, -0.25) is 14.5 Å². The Morgan fingerprint density at radius 3 is 2.19 bits per heavy atom. The molecule has 0 aromatic rings. The van der Waals surface area contributed by atoms with Crippen molar-refractivity contribution in [3.05, 3.63) is 0 Å². The number of piperidine rings is 1. The summed E-state index contributed by atoms with van der Waals surface area (Å²) in [4.78, 5) is 31.5. The van der Waals surface area contributed by atoms with Crippen LogP contribution in [0.1, 0.15) is 45.4 Å². The van der Waals surface area contributed by atoms with E-state index in [0.29, 0.717) is 18.5 Å². The molecule has 150 valence electrons. The summed E-state index contributed by atoms with van der Waals surface area (Å²) in [5.41, 5.74) is 0. The van der Waals surface area contributed by atoms with E-state index < -0.39 is 0 Å². The Hall–Kier alpha value is -0.850. The smallest absolute Gasteiger partial charge is 0.236 e. The van der Waals surface area contributed by atoms with Crippen LogP contribution in [0.15, 0.2) is 0 Å². The topological polar surface area (TPSA) is 55.9 Å². The number of hydrogen-bond donors (Lipinski definition) is 1. The van der Waals surface area contributed by atoms with E-state index in [1.807, 2.05) is 9.80 Å². The van der Waals surface area contributed by atoms with E-state index in [2.05, 4.69) is 17.1 Å². The number of likely N-dealkylation sites (tertiary alicyclic amines) is 1. The summed E-state index contributed by atoms with van der Waals surface area (Å²) in [6.45, 7) is 8.66. The fourth-order valence-corrected chi connectivity index (χ4v) is 4.35. The second kappa shape index (κ2) is 10.5. The summed E-state index contributed by atoms with van der Waals surface area (Å²) in [7, 11) is 0. The minimum atomic E-state index is 0. The molecule has 0 aromatic heterocycles. The zero-order chi connectivity index (χ0) is 17.6. The molecule has 0 radical (unpaired) electrons. The van der Waals surface area contributed by atoms with Gasteiger partial charge in [-0.1, -0.05) is 12.8 Å². The van der Waals surface area contributed by atoms with E-state index >= 15 is 0 Å². The van der Waals surface area contributed by atoms with Crippen LogP contribution in [0.3, 0.4) is 0 Å². The normalized spacial score (nSPS) is 28.2. The molecule has 3 fully saturated rings. The van der Waals surface area contributed by atoms with Crippen molar-refractivity contribution < 1.29 is 9.59 Å². The van der Waals surface area contributed by atoms with Crippen LogP contribution in [0.4, 0.5) is 0 Å². The SMILES string of the molecule is C[C@H]1C[C@@H](C(=O)N2CCN(CC(=O)N3CCCCCC3)CC2)CCN1.Cl. The molecular weight excluding hydrogens is 352 g/mol. The van der Waals surface area contributed by atoms with Gasteiger partial charge in [-0.25, -0.2) is 0 Å². The van der Waals surface area contributed by atoms with Gasteiger partial charge in [0.05, 0.1) is 6.54 Å². The van der Waals surface area contributed by atoms with Gasteiger partial charge >= 0.3 is 0 Å². The van der Waals surface area contributed by atoms with E-state index in [9.17, 15) is 9.59 Å². The number of hydrogen-bond acceptors (Lipinski definition) is 4. The fraction of sp³-hybridized carbons (Fsp3) is 0.895. The third kappa shape index (κ3) is 5.83. The van der Waals surface area contributed by atoms with Crippen LogP contribution in [0, 0.1) is 5.92 Å². The van der Waals surface area contributed by atoms with E-state index in [1.54, 1.807) is 0 Å². The molecule has 3 heterocycles. The first kappa shape index (κ1) is 21.5. The molecule has 0 aliphatic carbocycles. The molecular formula is C19H35ClN4O2. The largest absolute Gasteiger partial charge is 0.342 e. The van der Waals surface area contributed by atoms with Gasteiger partial charge in [0.25, 0.3) is 0 Å². The second-order valence-electron chi connectivity index (χ2n) is 7.97. The maximum absolute atomic E-state index is 12.7. The monoisotopic (exact) mass is 386 g/mol. The van der Waals surface area contributed by atoms with Crippen LogP contribution in [-0.2, 0) is 9.59 Å². The van der Waals surface area contributed by atoms with Crippen LogP contribution in [0.5, 0.6) is 0 Å². The minimum absolute atomic E-state index is 0. The molecule has 0 saturated carbocycles. The Morgan fingerprint density at radius 2 is 1.58 bits per heavy atom. The maximum atomic E-state index is 12.7. The Bertz CT molecular complexity index is 460. The fourth-order valence-electron chi connectivity index (χ4n) is 4.35. The Kier molecular flexibility index (Phi) is 8.64. The first-order valence-corrected chi connectivity index (χ1v) is 10.2. The van der Waals surface area contributed by atoms with E-state index in [0.717, 1.165) is 71.5 Å². The number of piperazine rings is 1. The number of carbonyl (C=O) groups excluding carboxylic acids is 2. The van der Waals surface area contributed by atoms with Crippen LogP contribution in [0.2, 0.25) is 0 Å². The summed E-state index contributed by atoms with van der Waals surface area (Å²) >= 11 is 0. The summed E-state index contributed by atoms with van der Waals surface area (Å²) < 4.78 is 0. The molecule has 7 heteroatoms. The number of nitrogens with one attached hydrogen (secondary N) is 1. The number of halogens is 1. The molecule has 0 spiro atoms. The summed E-state index contributed by atoms with van der Waals surface area (Å²) in [5.74, 6) is 0.780. The van der Waals surface area contributed by atoms with Crippen LogP contribution < -0.4 is 5.32 Å². The van der Waals surface area contributed by atoms with Crippen molar-refractivity contribution in [3.8, 4) is 0 Å². The maximum Gasteiger partial charge on any atom is 0.236 e. The van der Waals surface area contributed by atoms with Gasteiger partial charge < -0.3 is 15.1 Å². The summed E-state index contributed by atoms with van der Waals surface area (Å²) in [6.07, 6.45) is 6.69. The minimum Gasteiger partial charge on any atom is -0.342 e. The van der Waals surface area contributed by atoms with Crippen LogP contribution >= 0.6 is 12.4 Å². The molecule has 3 saturated heterocycles. The number of rotatable bonds is 3. The first-order chi connectivity index (χ1) is 12.1. The lowest BCUT2D eigenvalue weighted by Crippen LogP contribution is -2.53. The molecule has 0 aromatic carbocycles. The lowest BCUT2D eigenvalue weighted by atomic mass is 9.92. The van der Waals surface area contributed by atoms with Gasteiger partial charge in [0.2, 0.25) is 11.8 Å². The van der Waals surface area contributed by atoms with Gasteiger partial charge in [0.1, 0.15) is 0 Å². The molecule has 26 heavy (non-hydrogen) atoms. The van der Waals surface area contributed by atoms with Crippen molar-refractivity contribution in [2.24, 2.45) is 5.92 Å². The van der Waals surface area contributed by atoms with Crippen LogP contribution in [0.25, 0.3) is 0 Å². The average molecular weight is 387 g/mol. The molecule has 0 bridgehead atoms. The van der Waals surface area contributed by atoms with Crippen LogP contribution in [-0.4, -0.2) is 84.9 Å². The Labute approximate surface area is 164 Å². The molecule has 3 aliphatic heterocycles. The van der Waals surface area contributed by atoms with Gasteiger partial charge in [-0.2, -0.15) is 0 Å². The van der Waals surface area contributed by atoms with Crippen molar-refractivity contribution in [2.75, 3.05) is 52.4 Å². The quantitative estimate of drug-likeness (QED) is 0.795. The Morgan fingerprint density at radius 1 is 0.923 bits per heavy atom. The van der Waals surface area contributed by atoms with Gasteiger partial charge in [-0.15, -0.1) is 12.4 Å². The zero-order valence-electron chi connectivity index (χ0n) is 16.1. The van der Waals surface area contributed by atoms with E-state index in [-0.39, 0.29) is 24.2 Å². The molecule has 0 unspecified atom stereocenters. The van der Waals surface area contributed by atoms with Crippen molar-refractivity contribution in [1.29, 1.82) is 0 Å². The highest BCUT2D eigenvalue weighted by Crippen LogP contribution is 2.20. The lowest BCUT2D eigenvalue weighted by molar-refractivity contribution is -0.139.